The van der Waals surface area contributed by atoms with Crippen molar-refractivity contribution in [3.63, 3.8) is 0 Å². The van der Waals surface area contributed by atoms with E-state index in [1.807, 2.05) is 47.4 Å². The number of amides is 2. The van der Waals surface area contributed by atoms with E-state index in [9.17, 15) is 9.59 Å². The van der Waals surface area contributed by atoms with Gasteiger partial charge in [-0.25, -0.2) is 0 Å². The molecule has 27 heavy (non-hydrogen) atoms. The van der Waals surface area contributed by atoms with Gasteiger partial charge in [0.1, 0.15) is 12.2 Å². The van der Waals surface area contributed by atoms with Gasteiger partial charge in [-0.1, -0.05) is 37.3 Å². The maximum Gasteiger partial charge on any atom is 0.233 e. The number of para-hydroxylation sites is 3. The van der Waals surface area contributed by atoms with Crippen LogP contribution in [0.15, 0.2) is 54.6 Å². The minimum atomic E-state index is -0.315. The fraction of sp³-hybridized carbons (Fsp3) is 0.364. The molecule has 1 N–H and O–H groups in total. The summed E-state index contributed by atoms with van der Waals surface area (Å²) in [4.78, 5) is 26.9. The van der Waals surface area contributed by atoms with Gasteiger partial charge in [0.2, 0.25) is 11.8 Å². The average Bonchev–Trinajstić information content (AvgIpc) is 2.70. The first-order chi connectivity index (χ1) is 13.2. The van der Waals surface area contributed by atoms with Gasteiger partial charge >= 0.3 is 0 Å². The average molecular weight is 366 g/mol. The van der Waals surface area contributed by atoms with E-state index in [-0.39, 0.29) is 24.3 Å². The summed E-state index contributed by atoms with van der Waals surface area (Å²) < 4.78 is 5.86. The van der Waals surface area contributed by atoms with Crippen LogP contribution in [0.3, 0.4) is 0 Å². The van der Waals surface area contributed by atoms with E-state index in [0.717, 1.165) is 32.2 Å². The molecule has 1 heterocycles. The molecule has 1 unspecified atom stereocenters. The Balaban J connectivity index is 1.63. The molecule has 0 aromatic heterocycles. The molecule has 0 radical (unpaired) electrons. The SMILES string of the molecule is CCC1CCCCN1C(=O)CC(=O)Nc1ccccc1Oc1ccccc1. The third-order valence-electron chi connectivity index (χ3n) is 4.86. The van der Waals surface area contributed by atoms with Crippen molar-refractivity contribution in [1.82, 2.24) is 4.90 Å². The van der Waals surface area contributed by atoms with Gasteiger partial charge in [-0.15, -0.1) is 0 Å². The Morgan fingerprint density at radius 2 is 1.81 bits per heavy atom. The Morgan fingerprint density at radius 1 is 1.07 bits per heavy atom. The fourth-order valence-corrected chi connectivity index (χ4v) is 3.46. The molecule has 3 rings (SSSR count). The molecule has 5 heteroatoms. The molecule has 0 bridgehead atoms. The maximum absolute atomic E-state index is 12.6. The van der Waals surface area contributed by atoms with E-state index < -0.39 is 0 Å². The number of carbonyl (C=O) groups is 2. The summed E-state index contributed by atoms with van der Waals surface area (Å²) >= 11 is 0. The van der Waals surface area contributed by atoms with Crippen LogP contribution in [0.2, 0.25) is 0 Å². The first-order valence-electron chi connectivity index (χ1n) is 9.58. The van der Waals surface area contributed by atoms with E-state index in [0.29, 0.717) is 17.2 Å². The van der Waals surface area contributed by atoms with E-state index in [1.54, 1.807) is 12.1 Å². The van der Waals surface area contributed by atoms with Gasteiger partial charge in [0, 0.05) is 12.6 Å². The molecular formula is C22H26N2O3. The number of likely N-dealkylation sites (tertiary alicyclic amines) is 1. The smallest absolute Gasteiger partial charge is 0.233 e. The second kappa shape index (κ2) is 9.21. The standard InChI is InChI=1S/C22H26N2O3/c1-2-17-10-8-9-15-24(17)22(26)16-21(25)23-19-13-6-7-14-20(19)27-18-11-4-3-5-12-18/h3-7,11-14,17H,2,8-10,15-16H2,1H3,(H,23,25). The molecule has 2 aromatic carbocycles. The van der Waals surface area contributed by atoms with E-state index in [2.05, 4.69) is 12.2 Å². The van der Waals surface area contributed by atoms with Gasteiger partial charge in [0.05, 0.1) is 5.69 Å². The fourth-order valence-electron chi connectivity index (χ4n) is 3.46. The molecule has 1 atom stereocenters. The molecule has 0 aliphatic carbocycles. The van der Waals surface area contributed by atoms with Crippen LogP contribution in [0.5, 0.6) is 11.5 Å². The summed E-state index contributed by atoms with van der Waals surface area (Å²) in [6.45, 7) is 2.84. The summed E-state index contributed by atoms with van der Waals surface area (Å²) in [7, 11) is 0. The van der Waals surface area contributed by atoms with Crippen molar-refractivity contribution in [2.24, 2.45) is 0 Å². The number of hydrogen-bond acceptors (Lipinski definition) is 3. The van der Waals surface area contributed by atoms with Crippen LogP contribution in [0.25, 0.3) is 0 Å². The van der Waals surface area contributed by atoms with Crippen LogP contribution in [-0.2, 0) is 9.59 Å². The number of nitrogens with one attached hydrogen (secondary N) is 1. The lowest BCUT2D eigenvalue weighted by molar-refractivity contribution is -0.137. The lowest BCUT2D eigenvalue weighted by atomic mass is 9.99. The maximum atomic E-state index is 12.6. The molecular weight excluding hydrogens is 340 g/mol. The van der Waals surface area contributed by atoms with Gasteiger partial charge < -0.3 is 15.0 Å². The summed E-state index contributed by atoms with van der Waals surface area (Å²) in [5.74, 6) is 0.827. The summed E-state index contributed by atoms with van der Waals surface area (Å²) in [5.41, 5.74) is 0.560. The highest BCUT2D eigenvalue weighted by Gasteiger charge is 2.26. The molecule has 0 spiro atoms. The second-order valence-electron chi connectivity index (χ2n) is 6.78. The zero-order valence-electron chi connectivity index (χ0n) is 15.7. The molecule has 5 nitrogen and oxygen atoms in total. The number of ether oxygens (including phenoxy) is 1. The van der Waals surface area contributed by atoms with Crippen molar-refractivity contribution in [3.05, 3.63) is 54.6 Å². The van der Waals surface area contributed by atoms with Gasteiger partial charge in [-0.3, -0.25) is 9.59 Å². The highest BCUT2D eigenvalue weighted by Crippen LogP contribution is 2.29. The van der Waals surface area contributed by atoms with Crippen molar-refractivity contribution in [2.75, 3.05) is 11.9 Å². The topological polar surface area (TPSA) is 58.6 Å². The lowest BCUT2D eigenvalue weighted by Gasteiger charge is -2.35. The van der Waals surface area contributed by atoms with Crippen LogP contribution in [0, 0.1) is 0 Å². The third kappa shape index (κ3) is 5.09. The van der Waals surface area contributed by atoms with Gasteiger partial charge in [0.15, 0.2) is 5.75 Å². The quantitative estimate of drug-likeness (QED) is 0.760. The second-order valence-corrected chi connectivity index (χ2v) is 6.78. The van der Waals surface area contributed by atoms with E-state index in [1.165, 1.54) is 0 Å². The van der Waals surface area contributed by atoms with Crippen molar-refractivity contribution >= 4 is 17.5 Å². The van der Waals surface area contributed by atoms with Crippen LogP contribution >= 0.6 is 0 Å². The first-order valence-corrected chi connectivity index (χ1v) is 9.58. The molecule has 1 aliphatic heterocycles. The molecule has 0 saturated carbocycles. The molecule has 142 valence electrons. The predicted molar refractivity (Wildman–Crippen MR) is 106 cm³/mol. The number of carbonyl (C=O) groups excluding carboxylic acids is 2. The minimum absolute atomic E-state index is 0.0968. The third-order valence-corrected chi connectivity index (χ3v) is 4.86. The normalized spacial score (nSPS) is 16.6. The van der Waals surface area contributed by atoms with Crippen LogP contribution < -0.4 is 10.1 Å². The van der Waals surface area contributed by atoms with Crippen LogP contribution in [0.4, 0.5) is 5.69 Å². The minimum Gasteiger partial charge on any atom is -0.455 e. The summed E-state index contributed by atoms with van der Waals surface area (Å²) in [6, 6.07) is 16.9. The van der Waals surface area contributed by atoms with Gasteiger partial charge in [-0.05, 0) is 49.9 Å². The van der Waals surface area contributed by atoms with Crippen LogP contribution in [0.1, 0.15) is 39.0 Å². The van der Waals surface area contributed by atoms with E-state index >= 15 is 0 Å². The number of rotatable bonds is 6. The monoisotopic (exact) mass is 366 g/mol. The van der Waals surface area contributed by atoms with Crippen molar-refractivity contribution in [2.45, 2.75) is 45.1 Å². The van der Waals surface area contributed by atoms with Crippen molar-refractivity contribution in [3.8, 4) is 11.5 Å². The predicted octanol–water partition coefficient (Wildman–Crippen LogP) is 4.60. The van der Waals surface area contributed by atoms with E-state index in [4.69, 9.17) is 4.74 Å². The summed E-state index contributed by atoms with van der Waals surface area (Å²) in [5, 5.41) is 2.82. The molecule has 1 saturated heterocycles. The molecule has 2 amide bonds. The largest absolute Gasteiger partial charge is 0.455 e. The molecule has 1 fully saturated rings. The molecule has 1 aliphatic rings. The number of anilines is 1. The van der Waals surface area contributed by atoms with Crippen molar-refractivity contribution < 1.29 is 14.3 Å². The highest BCUT2D eigenvalue weighted by molar-refractivity contribution is 6.04. The Labute approximate surface area is 160 Å². The Kier molecular flexibility index (Phi) is 6.47. The number of hydrogen-bond donors (Lipinski definition) is 1. The van der Waals surface area contributed by atoms with Crippen molar-refractivity contribution in [1.29, 1.82) is 0 Å². The summed E-state index contributed by atoms with van der Waals surface area (Å²) in [6.07, 6.45) is 3.98. The number of nitrogens with zero attached hydrogens (tertiary/aromatic N) is 1. The van der Waals surface area contributed by atoms with Crippen LogP contribution in [-0.4, -0.2) is 29.3 Å². The Hall–Kier alpha value is -2.82. The number of benzene rings is 2. The zero-order chi connectivity index (χ0) is 19.1. The van der Waals surface area contributed by atoms with Gasteiger partial charge in [-0.2, -0.15) is 0 Å². The Bertz CT molecular complexity index is 776. The lowest BCUT2D eigenvalue weighted by Crippen LogP contribution is -2.44. The van der Waals surface area contributed by atoms with Gasteiger partial charge in [0.25, 0.3) is 0 Å². The zero-order valence-corrected chi connectivity index (χ0v) is 15.7. The number of piperidine rings is 1. The molecule has 2 aromatic rings. The highest BCUT2D eigenvalue weighted by atomic mass is 16.5. The first kappa shape index (κ1) is 19.0. The Morgan fingerprint density at radius 3 is 2.59 bits per heavy atom.